The van der Waals surface area contributed by atoms with Gasteiger partial charge in [-0.1, -0.05) is 5.16 Å². The third kappa shape index (κ3) is 3.47. The molecule has 114 valence electrons. The molecule has 2 aromatic heterocycles. The average Bonchev–Trinajstić information content (AvgIpc) is 3.07. The van der Waals surface area contributed by atoms with Gasteiger partial charge in [0.1, 0.15) is 10.6 Å². The number of hydrogen-bond donors (Lipinski definition) is 2. The molecule has 0 atom stereocenters. The van der Waals surface area contributed by atoms with Gasteiger partial charge in [0.05, 0.1) is 0 Å². The molecular weight excluding hydrogens is 300 g/mol. The Labute approximate surface area is 120 Å². The number of nitrogens with one attached hydrogen (secondary N) is 1. The third-order valence-corrected chi connectivity index (χ3v) is 4.22. The van der Waals surface area contributed by atoms with Crippen LogP contribution in [0.4, 0.5) is 0 Å². The Hall–Kier alpha value is -2.20. The van der Waals surface area contributed by atoms with Crippen molar-refractivity contribution in [3.63, 3.8) is 0 Å². The maximum atomic E-state index is 12.1. The summed E-state index contributed by atoms with van der Waals surface area (Å²) in [6.45, 7) is 2.17. The number of aromatic nitrogens is 3. The third-order valence-electron chi connectivity index (χ3n) is 2.79. The largest absolute Gasteiger partial charge is 0.477 e. The van der Waals surface area contributed by atoms with Gasteiger partial charge in [0.2, 0.25) is 16.4 Å². The standard InChI is InChI=1S/C11H14N4O5S/c1-2-15-6-8(5-9(15)11(16)17)21(18,19)13-4-3-10-12-7-20-14-10/h5-7,13H,2-4H2,1H3,(H,16,17). The minimum absolute atomic E-state index is 0.0731. The summed E-state index contributed by atoms with van der Waals surface area (Å²) in [5.41, 5.74) is -0.0731. The van der Waals surface area contributed by atoms with Crippen molar-refractivity contribution in [2.24, 2.45) is 0 Å². The molecule has 9 nitrogen and oxygen atoms in total. The van der Waals surface area contributed by atoms with Gasteiger partial charge in [0.25, 0.3) is 0 Å². The van der Waals surface area contributed by atoms with Crippen molar-refractivity contribution in [2.45, 2.75) is 24.8 Å². The van der Waals surface area contributed by atoms with Crippen molar-refractivity contribution in [3.8, 4) is 0 Å². The summed E-state index contributed by atoms with van der Waals surface area (Å²) in [6.07, 6.45) is 2.72. The van der Waals surface area contributed by atoms with Crippen LogP contribution in [-0.2, 0) is 23.0 Å². The fourth-order valence-corrected chi connectivity index (χ4v) is 2.82. The van der Waals surface area contributed by atoms with Crippen LogP contribution in [0.15, 0.2) is 28.1 Å². The van der Waals surface area contributed by atoms with Gasteiger partial charge in [0.15, 0.2) is 5.82 Å². The second-order valence-electron chi connectivity index (χ2n) is 4.15. The van der Waals surface area contributed by atoms with Crippen LogP contribution in [0.2, 0.25) is 0 Å². The van der Waals surface area contributed by atoms with Gasteiger partial charge in [-0.2, -0.15) is 4.98 Å². The maximum absolute atomic E-state index is 12.1. The lowest BCUT2D eigenvalue weighted by Gasteiger charge is -2.03. The van der Waals surface area contributed by atoms with Gasteiger partial charge < -0.3 is 14.2 Å². The SMILES string of the molecule is CCn1cc(S(=O)(=O)NCCc2ncon2)cc1C(=O)O. The highest BCUT2D eigenvalue weighted by Gasteiger charge is 2.20. The van der Waals surface area contributed by atoms with E-state index in [2.05, 4.69) is 19.4 Å². The first kappa shape index (κ1) is 15.2. The number of nitrogens with zero attached hydrogens (tertiary/aromatic N) is 3. The van der Waals surface area contributed by atoms with Gasteiger partial charge >= 0.3 is 5.97 Å². The molecule has 2 N–H and O–H groups in total. The predicted molar refractivity (Wildman–Crippen MR) is 70.3 cm³/mol. The monoisotopic (exact) mass is 314 g/mol. The number of rotatable bonds is 7. The van der Waals surface area contributed by atoms with Gasteiger partial charge in [-0.05, 0) is 13.0 Å². The van der Waals surface area contributed by atoms with Crippen LogP contribution >= 0.6 is 0 Å². The fraction of sp³-hybridized carbons (Fsp3) is 0.364. The molecule has 0 aliphatic heterocycles. The van der Waals surface area contributed by atoms with E-state index in [0.29, 0.717) is 12.4 Å². The van der Waals surface area contributed by atoms with E-state index in [1.807, 2.05) is 0 Å². The minimum Gasteiger partial charge on any atom is -0.477 e. The zero-order chi connectivity index (χ0) is 15.5. The van der Waals surface area contributed by atoms with E-state index in [-0.39, 0.29) is 23.6 Å². The Balaban J connectivity index is 2.10. The van der Waals surface area contributed by atoms with Crippen molar-refractivity contribution in [3.05, 3.63) is 30.2 Å². The summed E-state index contributed by atoms with van der Waals surface area (Å²) in [6, 6.07) is 1.13. The Morgan fingerprint density at radius 2 is 2.29 bits per heavy atom. The quantitative estimate of drug-likeness (QED) is 0.742. The molecule has 0 spiro atoms. The Bertz CT molecular complexity index is 720. The van der Waals surface area contributed by atoms with E-state index in [1.165, 1.54) is 10.8 Å². The molecule has 2 rings (SSSR count). The van der Waals surface area contributed by atoms with E-state index in [4.69, 9.17) is 5.11 Å². The molecule has 0 radical (unpaired) electrons. The summed E-state index contributed by atoms with van der Waals surface area (Å²) in [4.78, 5) is 14.7. The van der Waals surface area contributed by atoms with Crippen molar-refractivity contribution < 1.29 is 22.8 Å². The maximum Gasteiger partial charge on any atom is 0.352 e. The summed E-state index contributed by atoms with van der Waals surface area (Å²) < 4.78 is 32.4. The van der Waals surface area contributed by atoms with Crippen LogP contribution in [-0.4, -0.2) is 40.7 Å². The summed E-state index contributed by atoms with van der Waals surface area (Å²) >= 11 is 0. The molecule has 2 aromatic rings. The van der Waals surface area contributed by atoms with Gasteiger partial charge in [-0.3, -0.25) is 0 Å². The first-order valence-electron chi connectivity index (χ1n) is 6.12. The van der Waals surface area contributed by atoms with Crippen LogP contribution in [0.5, 0.6) is 0 Å². The van der Waals surface area contributed by atoms with Crippen molar-refractivity contribution in [1.82, 2.24) is 19.4 Å². The molecule has 2 heterocycles. The molecule has 21 heavy (non-hydrogen) atoms. The average molecular weight is 314 g/mol. The molecule has 0 saturated carbocycles. The highest BCUT2D eigenvalue weighted by molar-refractivity contribution is 7.89. The summed E-state index contributed by atoms with van der Waals surface area (Å²) in [7, 11) is -3.78. The second kappa shape index (κ2) is 6.06. The molecule has 0 saturated heterocycles. The molecule has 0 unspecified atom stereocenters. The van der Waals surface area contributed by atoms with Gasteiger partial charge in [-0.15, -0.1) is 0 Å². The smallest absolute Gasteiger partial charge is 0.352 e. The first-order valence-corrected chi connectivity index (χ1v) is 7.60. The Morgan fingerprint density at radius 3 is 2.81 bits per heavy atom. The number of carboxylic acids is 1. The summed E-state index contributed by atoms with van der Waals surface area (Å²) in [5.74, 6) is -0.792. The van der Waals surface area contributed by atoms with Gasteiger partial charge in [0, 0.05) is 25.7 Å². The van der Waals surface area contributed by atoms with Crippen molar-refractivity contribution in [1.29, 1.82) is 0 Å². The highest BCUT2D eigenvalue weighted by Crippen LogP contribution is 2.14. The molecule has 0 aliphatic rings. The number of hydrogen-bond acceptors (Lipinski definition) is 6. The van der Waals surface area contributed by atoms with Crippen LogP contribution in [0, 0.1) is 0 Å². The molecule has 0 bridgehead atoms. The molecule has 0 aliphatic carbocycles. The number of aryl methyl sites for hydroxylation is 1. The van der Waals surface area contributed by atoms with Crippen molar-refractivity contribution in [2.75, 3.05) is 6.54 Å². The number of aromatic carboxylic acids is 1. The second-order valence-corrected chi connectivity index (χ2v) is 5.91. The normalized spacial score (nSPS) is 11.7. The molecule has 0 aromatic carbocycles. The van der Waals surface area contributed by atoms with E-state index < -0.39 is 16.0 Å². The zero-order valence-corrected chi connectivity index (χ0v) is 12.0. The van der Waals surface area contributed by atoms with E-state index in [1.54, 1.807) is 6.92 Å². The lowest BCUT2D eigenvalue weighted by Crippen LogP contribution is -2.26. The minimum atomic E-state index is -3.78. The summed E-state index contributed by atoms with van der Waals surface area (Å²) in [5, 5.41) is 12.6. The van der Waals surface area contributed by atoms with Crippen LogP contribution in [0.1, 0.15) is 23.2 Å². The van der Waals surface area contributed by atoms with E-state index >= 15 is 0 Å². The first-order chi connectivity index (χ1) is 9.94. The van der Waals surface area contributed by atoms with E-state index in [0.717, 1.165) is 12.5 Å². The molecule has 0 amide bonds. The Kier molecular flexibility index (Phi) is 4.38. The topological polar surface area (TPSA) is 127 Å². The molecule has 0 fully saturated rings. The number of sulfonamides is 1. The van der Waals surface area contributed by atoms with Crippen LogP contribution in [0.3, 0.4) is 0 Å². The zero-order valence-electron chi connectivity index (χ0n) is 11.2. The molecule has 10 heteroatoms. The predicted octanol–water partition coefficient (Wildman–Crippen LogP) is 0.110. The lowest BCUT2D eigenvalue weighted by molar-refractivity contribution is 0.0685. The van der Waals surface area contributed by atoms with Crippen molar-refractivity contribution >= 4 is 16.0 Å². The molecular formula is C11H14N4O5S. The van der Waals surface area contributed by atoms with Crippen LogP contribution < -0.4 is 4.72 Å². The van der Waals surface area contributed by atoms with E-state index in [9.17, 15) is 13.2 Å². The number of carbonyl (C=O) groups is 1. The Morgan fingerprint density at radius 1 is 1.52 bits per heavy atom. The number of carboxylic acid groups (broad SMARTS) is 1. The lowest BCUT2D eigenvalue weighted by atomic mass is 10.4. The highest BCUT2D eigenvalue weighted by atomic mass is 32.2. The van der Waals surface area contributed by atoms with Gasteiger partial charge in [-0.25, -0.2) is 17.9 Å². The fourth-order valence-electron chi connectivity index (χ4n) is 1.75. The van der Waals surface area contributed by atoms with Crippen LogP contribution in [0.25, 0.3) is 0 Å².